The van der Waals surface area contributed by atoms with Gasteiger partial charge in [0.1, 0.15) is 25.6 Å². The van der Waals surface area contributed by atoms with E-state index in [2.05, 4.69) is 9.97 Å². The predicted octanol–water partition coefficient (Wildman–Crippen LogP) is -0.542. The summed E-state index contributed by atoms with van der Waals surface area (Å²) in [5.41, 5.74) is 8.41. The summed E-state index contributed by atoms with van der Waals surface area (Å²) in [6.45, 7) is 1.38. The number of aromatic nitrogens is 3. The van der Waals surface area contributed by atoms with Gasteiger partial charge < -0.3 is 15.0 Å². The minimum absolute atomic E-state index is 0.317. The summed E-state index contributed by atoms with van der Waals surface area (Å²) in [6.07, 6.45) is 1.46. The Bertz CT molecular complexity index is 561. The van der Waals surface area contributed by atoms with Gasteiger partial charge in [0, 0.05) is 13.0 Å². The standard InChI is InChI=1S/C10H11BN4O/c1-15-8(11)6(5-2-16-3-5)7-9(12)13-4-14-10(7)15/h4-5H,2-3H2,1H3,(H2,12,13,14). The number of hydrogen-bond acceptors (Lipinski definition) is 4. The first-order valence-electron chi connectivity index (χ1n) is 5.12. The summed E-state index contributed by atoms with van der Waals surface area (Å²) in [5, 5.41) is 0.871. The molecule has 1 fully saturated rings. The van der Waals surface area contributed by atoms with E-state index in [0.717, 1.165) is 16.6 Å². The highest BCUT2D eigenvalue weighted by Gasteiger charge is 2.28. The van der Waals surface area contributed by atoms with Crippen molar-refractivity contribution >= 4 is 30.3 Å². The van der Waals surface area contributed by atoms with Crippen molar-refractivity contribution in [2.45, 2.75) is 5.92 Å². The van der Waals surface area contributed by atoms with Gasteiger partial charge in [-0.1, -0.05) is 0 Å². The van der Waals surface area contributed by atoms with E-state index in [-0.39, 0.29) is 0 Å². The number of nitrogens with two attached hydrogens (primary N) is 1. The molecule has 0 unspecified atom stereocenters. The second-order valence-electron chi connectivity index (χ2n) is 4.05. The Kier molecular flexibility index (Phi) is 1.94. The van der Waals surface area contributed by atoms with E-state index in [1.54, 1.807) is 0 Å². The first-order chi connectivity index (χ1) is 7.70. The maximum atomic E-state index is 6.08. The number of rotatable bonds is 1. The molecule has 0 aromatic carbocycles. The van der Waals surface area contributed by atoms with E-state index in [9.17, 15) is 0 Å². The van der Waals surface area contributed by atoms with Crippen LogP contribution < -0.4 is 11.3 Å². The smallest absolute Gasteiger partial charge is 0.144 e. The second kappa shape index (κ2) is 3.22. The van der Waals surface area contributed by atoms with Crippen LogP contribution in [0, 0.1) is 0 Å². The lowest BCUT2D eigenvalue weighted by Gasteiger charge is -2.27. The molecule has 0 bridgehead atoms. The maximum absolute atomic E-state index is 6.08. The highest BCUT2D eigenvalue weighted by Crippen LogP contribution is 2.31. The summed E-state index contributed by atoms with van der Waals surface area (Å²) in [5.74, 6) is 0.802. The van der Waals surface area contributed by atoms with Crippen LogP contribution in [0.1, 0.15) is 11.5 Å². The minimum atomic E-state index is 0.317. The largest absolute Gasteiger partial charge is 0.383 e. The molecular formula is C10H11BN4O. The Morgan fingerprint density at radius 1 is 1.50 bits per heavy atom. The lowest BCUT2D eigenvalue weighted by Crippen LogP contribution is -2.31. The summed E-state index contributed by atoms with van der Waals surface area (Å²) in [6, 6.07) is 0. The van der Waals surface area contributed by atoms with Crippen molar-refractivity contribution in [2.75, 3.05) is 18.9 Å². The summed E-state index contributed by atoms with van der Waals surface area (Å²) < 4.78 is 7.04. The second-order valence-corrected chi connectivity index (χ2v) is 4.05. The van der Waals surface area contributed by atoms with Crippen LogP contribution in [0.15, 0.2) is 6.33 Å². The van der Waals surface area contributed by atoms with Crippen LogP contribution in [-0.4, -0.2) is 35.6 Å². The quantitative estimate of drug-likeness (QED) is 0.647. The third-order valence-electron chi connectivity index (χ3n) is 3.13. The molecule has 80 valence electrons. The van der Waals surface area contributed by atoms with E-state index in [1.807, 2.05) is 11.6 Å². The van der Waals surface area contributed by atoms with Gasteiger partial charge in [0.05, 0.1) is 18.6 Å². The van der Waals surface area contributed by atoms with Crippen molar-refractivity contribution in [2.24, 2.45) is 7.05 Å². The fraction of sp³-hybridized carbons (Fsp3) is 0.400. The van der Waals surface area contributed by atoms with Crippen molar-refractivity contribution in [3.05, 3.63) is 11.9 Å². The number of anilines is 1. The molecule has 6 heteroatoms. The Morgan fingerprint density at radius 2 is 2.25 bits per heavy atom. The Morgan fingerprint density at radius 3 is 2.88 bits per heavy atom. The van der Waals surface area contributed by atoms with Gasteiger partial charge in [-0.2, -0.15) is 0 Å². The summed E-state index contributed by atoms with van der Waals surface area (Å²) in [4.78, 5) is 8.24. The average Bonchev–Trinajstić information content (AvgIpc) is 2.43. The Hall–Kier alpha value is -1.56. The van der Waals surface area contributed by atoms with Crippen molar-refractivity contribution in [1.82, 2.24) is 14.5 Å². The fourth-order valence-corrected chi connectivity index (χ4v) is 2.14. The van der Waals surface area contributed by atoms with E-state index < -0.39 is 0 Å². The number of aryl methyl sites for hydroxylation is 1. The van der Waals surface area contributed by atoms with Crippen LogP contribution in [-0.2, 0) is 11.8 Å². The third kappa shape index (κ3) is 1.10. The molecule has 16 heavy (non-hydrogen) atoms. The summed E-state index contributed by atoms with van der Waals surface area (Å²) in [7, 11) is 7.96. The van der Waals surface area contributed by atoms with Gasteiger partial charge in [-0.15, -0.1) is 0 Å². The van der Waals surface area contributed by atoms with E-state index in [1.165, 1.54) is 6.33 Å². The number of ether oxygens (including phenoxy) is 1. The molecule has 3 heterocycles. The van der Waals surface area contributed by atoms with E-state index in [0.29, 0.717) is 30.5 Å². The lowest BCUT2D eigenvalue weighted by molar-refractivity contribution is 0.00937. The van der Waals surface area contributed by atoms with Gasteiger partial charge in [0.2, 0.25) is 0 Å². The van der Waals surface area contributed by atoms with Gasteiger partial charge >= 0.3 is 0 Å². The zero-order valence-corrected chi connectivity index (χ0v) is 8.97. The van der Waals surface area contributed by atoms with Crippen LogP contribution in [0.3, 0.4) is 0 Å². The molecule has 5 nitrogen and oxygen atoms in total. The molecule has 0 aliphatic carbocycles. The minimum Gasteiger partial charge on any atom is -0.383 e. The zero-order valence-electron chi connectivity index (χ0n) is 8.97. The molecule has 3 rings (SSSR count). The Labute approximate surface area is 94.0 Å². The van der Waals surface area contributed by atoms with Crippen LogP contribution in [0.4, 0.5) is 5.82 Å². The molecule has 1 aliphatic heterocycles. The number of nitrogens with zero attached hydrogens (tertiary/aromatic N) is 3. The van der Waals surface area contributed by atoms with Gasteiger partial charge in [-0.25, -0.2) is 9.97 Å². The van der Waals surface area contributed by atoms with Crippen molar-refractivity contribution in [3.63, 3.8) is 0 Å². The lowest BCUT2D eigenvalue weighted by atomic mass is 9.88. The molecule has 1 aliphatic rings. The monoisotopic (exact) mass is 214 g/mol. The molecule has 1 saturated heterocycles. The predicted molar refractivity (Wildman–Crippen MR) is 61.9 cm³/mol. The van der Waals surface area contributed by atoms with Gasteiger partial charge in [-0.05, 0) is 11.2 Å². The maximum Gasteiger partial charge on any atom is 0.144 e. The first-order valence-corrected chi connectivity index (χ1v) is 5.12. The molecule has 0 saturated carbocycles. The van der Waals surface area contributed by atoms with Crippen LogP contribution in [0.2, 0.25) is 0 Å². The number of nitrogen functional groups attached to an aromatic ring is 1. The van der Waals surface area contributed by atoms with Crippen LogP contribution in [0.25, 0.3) is 11.0 Å². The molecule has 0 spiro atoms. The van der Waals surface area contributed by atoms with Gasteiger partial charge in [0.25, 0.3) is 0 Å². The van der Waals surface area contributed by atoms with Crippen LogP contribution >= 0.6 is 0 Å². The van der Waals surface area contributed by atoms with Crippen molar-refractivity contribution in [1.29, 1.82) is 0 Å². The topological polar surface area (TPSA) is 66.0 Å². The van der Waals surface area contributed by atoms with E-state index in [4.69, 9.17) is 18.3 Å². The molecule has 0 atom stereocenters. The normalized spacial score (nSPS) is 16.6. The molecule has 2 radical (unpaired) electrons. The fourth-order valence-electron chi connectivity index (χ4n) is 2.14. The third-order valence-corrected chi connectivity index (χ3v) is 3.13. The molecule has 2 N–H and O–H groups in total. The first kappa shape index (κ1) is 9.66. The van der Waals surface area contributed by atoms with Crippen molar-refractivity contribution in [3.8, 4) is 0 Å². The summed E-state index contributed by atoms with van der Waals surface area (Å²) >= 11 is 0. The molecular weight excluding hydrogens is 203 g/mol. The van der Waals surface area contributed by atoms with Crippen LogP contribution in [0.5, 0.6) is 0 Å². The van der Waals surface area contributed by atoms with Gasteiger partial charge in [0.15, 0.2) is 0 Å². The zero-order chi connectivity index (χ0) is 11.3. The molecule has 2 aromatic heterocycles. The Balaban J connectivity index is 2.36. The highest BCUT2D eigenvalue weighted by molar-refractivity contribution is 6.34. The highest BCUT2D eigenvalue weighted by atomic mass is 16.5. The van der Waals surface area contributed by atoms with Crippen molar-refractivity contribution < 1.29 is 4.74 Å². The average molecular weight is 214 g/mol. The molecule has 2 aromatic rings. The number of fused-ring (bicyclic) bond motifs is 1. The molecule has 0 amide bonds. The number of hydrogen-bond donors (Lipinski definition) is 1. The SMILES string of the molecule is [B]c1c(C2COC2)c2c(N)ncnc2n1C. The van der Waals surface area contributed by atoms with Gasteiger partial charge in [-0.3, -0.25) is 0 Å². The van der Waals surface area contributed by atoms with E-state index >= 15 is 0 Å².